The SMILES string of the molecule is CCNC(=S)NNC(=O)[C@@H](C)Oc1ccccc1Cl. The highest BCUT2D eigenvalue weighted by atomic mass is 35.5. The molecule has 0 aliphatic carbocycles. The molecule has 104 valence electrons. The molecule has 0 aliphatic heterocycles. The molecule has 1 aromatic rings. The summed E-state index contributed by atoms with van der Waals surface area (Å²) in [5.74, 6) is 0.112. The number of carbonyl (C=O) groups excluding carboxylic acids is 1. The van der Waals surface area contributed by atoms with E-state index in [0.717, 1.165) is 0 Å². The number of halogens is 1. The second-order valence-corrected chi connectivity index (χ2v) is 4.48. The summed E-state index contributed by atoms with van der Waals surface area (Å²) < 4.78 is 5.45. The zero-order valence-electron chi connectivity index (χ0n) is 10.7. The molecular formula is C12H16ClN3O2S. The van der Waals surface area contributed by atoms with E-state index in [4.69, 9.17) is 28.6 Å². The summed E-state index contributed by atoms with van der Waals surface area (Å²) in [6.07, 6.45) is -0.697. The predicted octanol–water partition coefficient (Wildman–Crippen LogP) is 1.62. The van der Waals surface area contributed by atoms with Gasteiger partial charge in [0.25, 0.3) is 5.91 Å². The number of amides is 1. The number of thiocarbonyl (C=S) groups is 1. The van der Waals surface area contributed by atoms with Gasteiger partial charge in [0, 0.05) is 6.54 Å². The smallest absolute Gasteiger partial charge is 0.279 e. The molecule has 0 spiro atoms. The van der Waals surface area contributed by atoms with Crippen LogP contribution >= 0.6 is 23.8 Å². The minimum atomic E-state index is -0.697. The number of benzene rings is 1. The number of ether oxygens (including phenoxy) is 1. The molecule has 1 rings (SSSR count). The van der Waals surface area contributed by atoms with Crippen LogP contribution in [0.3, 0.4) is 0 Å². The Hall–Kier alpha value is -1.53. The first-order valence-corrected chi connectivity index (χ1v) is 6.58. The van der Waals surface area contributed by atoms with Gasteiger partial charge < -0.3 is 10.1 Å². The molecule has 0 bridgehead atoms. The summed E-state index contributed by atoms with van der Waals surface area (Å²) in [5, 5.41) is 3.65. The Morgan fingerprint density at radius 1 is 1.42 bits per heavy atom. The summed E-state index contributed by atoms with van der Waals surface area (Å²) >= 11 is 10.8. The minimum Gasteiger partial charge on any atom is -0.479 e. The summed E-state index contributed by atoms with van der Waals surface area (Å²) in [6, 6.07) is 6.96. The molecule has 0 saturated carbocycles. The van der Waals surface area contributed by atoms with Crippen LogP contribution in [-0.2, 0) is 4.79 Å². The molecule has 5 nitrogen and oxygen atoms in total. The van der Waals surface area contributed by atoms with Gasteiger partial charge in [0.1, 0.15) is 5.75 Å². The molecule has 3 N–H and O–H groups in total. The lowest BCUT2D eigenvalue weighted by Crippen LogP contribution is -2.50. The fraction of sp³-hybridized carbons (Fsp3) is 0.333. The van der Waals surface area contributed by atoms with Gasteiger partial charge >= 0.3 is 0 Å². The fourth-order valence-electron chi connectivity index (χ4n) is 1.21. The first kappa shape index (κ1) is 15.5. The third kappa shape index (κ3) is 5.32. The third-order valence-corrected chi connectivity index (χ3v) is 2.70. The molecular weight excluding hydrogens is 286 g/mol. The molecule has 1 aromatic carbocycles. The lowest BCUT2D eigenvalue weighted by molar-refractivity contribution is -0.127. The maximum atomic E-state index is 11.7. The van der Waals surface area contributed by atoms with Gasteiger partial charge in [-0.2, -0.15) is 0 Å². The van der Waals surface area contributed by atoms with E-state index >= 15 is 0 Å². The molecule has 1 atom stereocenters. The summed E-state index contributed by atoms with van der Waals surface area (Å²) in [6.45, 7) is 4.20. The van der Waals surface area contributed by atoms with Crippen LogP contribution in [-0.4, -0.2) is 23.7 Å². The van der Waals surface area contributed by atoms with Gasteiger partial charge in [-0.25, -0.2) is 0 Å². The summed E-state index contributed by atoms with van der Waals surface area (Å²) in [7, 11) is 0. The van der Waals surface area contributed by atoms with Crippen LogP contribution in [0, 0.1) is 0 Å². The predicted molar refractivity (Wildman–Crippen MR) is 79.1 cm³/mol. The van der Waals surface area contributed by atoms with Gasteiger partial charge in [-0.3, -0.25) is 15.6 Å². The second-order valence-electron chi connectivity index (χ2n) is 3.66. The standard InChI is InChI=1S/C12H16ClN3O2S/c1-3-14-12(19)16-15-11(17)8(2)18-10-7-5-4-6-9(10)13/h4-8H,3H2,1-2H3,(H,15,17)(H2,14,16,19)/t8-/m1/s1. The van der Waals surface area contributed by atoms with Gasteiger partial charge in [-0.05, 0) is 38.2 Å². The average Bonchev–Trinajstić information content (AvgIpc) is 2.39. The average molecular weight is 302 g/mol. The zero-order chi connectivity index (χ0) is 14.3. The Labute approximate surface area is 122 Å². The van der Waals surface area contributed by atoms with Gasteiger partial charge in [0.15, 0.2) is 11.2 Å². The van der Waals surface area contributed by atoms with Crippen LogP contribution < -0.4 is 20.9 Å². The van der Waals surface area contributed by atoms with Crippen molar-refractivity contribution >= 4 is 34.8 Å². The molecule has 0 saturated heterocycles. The van der Waals surface area contributed by atoms with E-state index in [1.54, 1.807) is 31.2 Å². The van der Waals surface area contributed by atoms with Crippen molar-refractivity contribution in [1.82, 2.24) is 16.2 Å². The molecule has 0 fully saturated rings. The van der Waals surface area contributed by atoms with E-state index in [2.05, 4.69) is 16.2 Å². The van der Waals surface area contributed by atoms with Gasteiger partial charge in [0.05, 0.1) is 5.02 Å². The van der Waals surface area contributed by atoms with E-state index in [-0.39, 0.29) is 5.91 Å². The molecule has 0 unspecified atom stereocenters. The lowest BCUT2D eigenvalue weighted by atomic mass is 10.3. The van der Waals surface area contributed by atoms with Crippen molar-refractivity contribution in [2.45, 2.75) is 20.0 Å². The first-order chi connectivity index (χ1) is 9.04. The highest BCUT2D eigenvalue weighted by Gasteiger charge is 2.15. The number of para-hydroxylation sites is 1. The van der Waals surface area contributed by atoms with E-state index < -0.39 is 6.10 Å². The minimum absolute atomic E-state index is 0.347. The molecule has 0 radical (unpaired) electrons. The third-order valence-electron chi connectivity index (χ3n) is 2.15. The highest BCUT2D eigenvalue weighted by molar-refractivity contribution is 7.80. The van der Waals surface area contributed by atoms with Crippen molar-refractivity contribution in [3.63, 3.8) is 0 Å². The fourth-order valence-corrected chi connectivity index (χ4v) is 1.58. The van der Waals surface area contributed by atoms with Crippen LogP contribution in [0.4, 0.5) is 0 Å². The van der Waals surface area contributed by atoms with Crippen LogP contribution in [0.15, 0.2) is 24.3 Å². The number of hydrazine groups is 1. The van der Waals surface area contributed by atoms with Gasteiger partial charge in [0.2, 0.25) is 0 Å². The van der Waals surface area contributed by atoms with Crippen molar-refractivity contribution in [2.75, 3.05) is 6.54 Å². The number of rotatable bonds is 4. The van der Waals surface area contributed by atoms with Crippen LogP contribution in [0.5, 0.6) is 5.75 Å². The maximum Gasteiger partial charge on any atom is 0.279 e. The number of nitrogens with one attached hydrogen (secondary N) is 3. The Bertz CT molecular complexity index is 456. The normalized spacial score (nSPS) is 11.3. The van der Waals surface area contributed by atoms with E-state index in [9.17, 15) is 4.79 Å². The monoisotopic (exact) mass is 301 g/mol. The van der Waals surface area contributed by atoms with Crippen LogP contribution in [0.1, 0.15) is 13.8 Å². The molecule has 0 heterocycles. The van der Waals surface area contributed by atoms with E-state index in [1.165, 1.54) is 0 Å². The van der Waals surface area contributed by atoms with Crippen molar-refractivity contribution in [1.29, 1.82) is 0 Å². The Morgan fingerprint density at radius 2 is 2.11 bits per heavy atom. The zero-order valence-corrected chi connectivity index (χ0v) is 12.3. The van der Waals surface area contributed by atoms with Crippen molar-refractivity contribution in [3.8, 4) is 5.75 Å². The number of carbonyl (C=O) groups is 1. The molecule has 1 amide bonds. The summed E-state index contributed by atoms with van der Waals surface area (Å²) in [5.41, 5.74) is 5.02. The van der Waals surface area contributed by atoms with Crippen molar-refractivity contribution < 1.29 is 9.53 Å². The largest absolute Gasteiger partial charge is 0.479 e. The number of hydrogen-bond donors (Lipinski definition) is 3. The summed E-state index contributed by atoms with van der Waals surface area (Å²) in [4.78, 5) is 11.7. The number of hydrogen-bond acceptors (Lipinski definition) is 3. The van der Waals surface area contributed by atoms with Gasteiger partial charge in [-0.1, -0.05) is 23.7 Å². The molecule has 0 aromatic heterocycles. The topological polar surface area (TPSA) is 62.4 Å². The molecule has 7 heteroatoms. The Kier molecular flexibility index (Phi) is 6.38. The Morgan fingerprint density at radius 3 is 2.74 bits per heavy atom. The molecule has 19 heavy (non-hydrogen) atoms. The first-order valence-electron chi connectivity index (χ1n) is 5.79. The van der Waals surface area contributed by atoms with Crippen LogP contribution in [0.25, 0.3) is 0 Å². The second kappa shape index (κ2) is 7.81. The van der Waals surface area contributed by atoms with E-state index in [0.29, 0.717) is 22.4 Å². The van der Waals surface area contributed by atoms with Crippen LogP contribution in [0.2, 0.25) is 5.02 Å². The van der Waals surface area contributed by atoms with Crippen molar-refractivity contribution in [2.24, 2.45) is 0 Å². The van der Waals surface area contributed by atoms with E-state index in [1.807, 2.05) is 6.92 Å². The maximum absolute atomic E-state index is 11.7. The lowest BCUT2D eigenvalue weighted by Gasteiger charge is -2.16. The highest BCUT2D eigenvalue weighted by Crippen LogP contribution is 2.24. The van der Waals surface area contributed by atoms with Gasteiger partial charge in [-0.15, -0.1) is 0 Å². The quantitative estimate of drug-likeness (QED) is 0.583. The van der Waals surface area contributed by atoms with Crippen molar-refractivity contribution in [3.05, 3.63) is 29.3 Å². The Balaban J connectivity index is 2.45. The molecule has 0 aliphatic rings.